The number of ketones is 1. The number of hydrogen-bond acceptors (Lipinski definition) is 5. The molecule has 42 heavy (non-hydrogen) atoms. The van der Waals surface area contributed by atoms with Crippen molar-refractivity contribution in [3.05, 3.63) is 137 Å². The van der Waals surface area contributed by atoms with E-state index >= 15 is 0 Å². The molecule has 0 aromatic heterocycles. The van der Waals surface area contributed by atoms with Gasteiger partial charge in [-0.2, -0.15) is 0 Å². The number of nitrogens with one attached hydrogen (secondary N) is 2. The van der Waals surface area contributed by atoms with Gasteiger partial charge in [-0.1, -0.05) is 54.6 Å². The molecule has 4 aromatic carbocycles. The van der Waals surface area contributed by atoms with Gasteiger partial charge in [-0.3, -0.25) is 14.4 Å². The van der Waals surface area contributed by atoms with Crippen LogP contribution in [0.1, 0.15) is 45.7 Å². The third-order valence-electron chi connectivity index (χ3n) is 6.11. The Morgan fingerprint density at radius 2 is 1.24 bits per heavy atom. The Balaban J connectivity index is 1.52. The number of hydrogen-bond donors (Lipinski definition) is 2. The van der Waals surface area contributed by atoms with Crippen LogP contribution in [0.5, 0.6) is 11.5 Å². The highest BCUT2D eigenvalue weighted by Gasteiger charge is 2.16. The lowest BCUT2D eigenvalue weighted by Gasteiger charge is -2.13. The van der Waals surface area contributed by atoms with Crippen molar-refractivity contribution >= 4 is 35.4 Å². The van der Waals surface area contributed by atoms with Gasteiger partial charge in [0.25, 0.3) is 11.8 Å². The van der Waals surface area contributed by atoms with Crippen LogP contribution in [0.25, 0.3) is 12.2 Å². The zero-order valence-corrected chi connectivity index (χ0v) is 23.5. The van der Waals surface area contributed by atoms with Gasteiger partial charge in [0.1, 0.15) is 17.2 Å². The lowest BCUT2D eigenvalue weighted by atomic mass is 10.1. The summed E-state index contributed by atoms with van der Waals surface area (Å²) in [5.74, 6) is 0.136. The number of carbonyl (C=O) groups is 3. The Morgan fingerprint density at radius 3 is 1.88 bits per heavy atom. The van der Waals surface area contributed by atoms with Crippen LogP contribution < -0.4 is 20.1 Å². The van der Waals surface area contributed by atoms with Crippen molar-refractivity contribution in [2.24, 2.45) is 0 Å². The van der Waals surface area contributed by atoms with E-state index in [0.717, 1.165) is 5.56 Å². The van der Waals surface area contributed by atoms with Gasteiger partial charge < -0.3 is 20.1 Å². The molecule has 2 amide bonds. The molecule has 0 atom stereocenters. The Hall–Kier alpha value is -5.43. The lowest BCUT2D eigenvalue weighted by molar-refractivity contribution is -0.113. The van der Waals surface area contributed by atoms with Gasteiger partial charge >= 0.3 is 0 Å². The topological polar surface area (TPSA) is 93.7 Å². The quantitative estimate of drug-likeness (QED) is 0.147. The zero-order valence-electron chi connectivity index (χ0n) is 23.5. The van der Waals surface area contributed by atoms with Crippen LogP contribution in [0.3, 0.4) is 0 Å². The highest BCUT2D eigenvalue weighted by molar-refractivity contribution is 6.11. The van der Waals surface area contributed by atoms with Crippen LogP contribution >= 0.6 is 0 Å². The first kappa shape index (κ1) is 29.6. The van der Waals surface area contributed by atoms with Crippen molar-refractivity contribution in [3.63, 3.8) is 0 Å². The van der Waals surface area contributed by atoms with Crippen molar-refractivity contribution in [1.82, 2.24) is 5.32 Å². The molecule has 0 fully saturated rings. The van der Waals surface area contributed by atoms with Gasteiger partial charge in [0.05, 0.1) is 13.2 Å². The average molecular weight is 561 g/mol. The summed E-state index contributed by atoms with van der Waals surface area (Å²) < 4.78 is 11.3. The molecule has 4 aromatic rings. The average Bonchev–Trinajstić information content (AvgIpc) is 3.02. The molecule has 0 aliphatic heterocycles. The highest BCUT2D eigenvalue weighted by Crippen LogP contribution is 2.22. The maximum atomic E-state index is 13.4. The second-order valence-electron chi connectivity index (χ2n) is 9.05. The Kier molecular flexibility index (Phi) is 10.4. The van der Waals surface area contributed by atoms with Gasteiger partial charge in [-0.25, -0.2) is 0 Å². The van der Waals surface area contributed by atoms with Crippen molar-refractivity contribution in [2.45, 2.75) is 13.8 Å². The van der Waals surface area contributed by atoms with Crippen molar-refractivity contribution in [3.8, 4) is 11.5 Å². The minimum absolute atomic E-state index is 0.0343. The molecule has 0 radical (unpaired) electrons. The minimum Gasteiger partial charge on any atom is -0.493 e. The predicted octanol–water partition coefficient (Wildman–Crippen LogP) is 6.79. The van der Waals surface area contributed by atoms with Gasteiger partial charge in [-0.05, 0) is 80.6 Å². The van der Waals surface area contributed by atoms with E-state index in [4.69, 9.17) is 9.47 Å². The van der Waals surface area contributed by atoms with Gasteiger partial charge in [0.2, 0.25) is 0 Å². The maximum absolute atomic E-state index is 13.4. The van der Waals surface area contributed by atoms with E-state index in [1.54, 1.807) is 72.8 Å². The number of rotatable bonds is 12. The van der Waals surface area contributed by atoms with E-state index in [-0.39, 0.29) is 11.5 Å². The lowest BCUT2D eigenvalue weighted by Crippen LogP contribution is -2.30. The number of anilines is 1. The van der Waals surface area contributed by atoms with E-state index in [2.05, 4.69) is 10.6 Å². The smallest absolute Gasteiger partial charge is 0.272 e. The number of carbonyl (C=O) groups excluding carboxylic acids is 3. The highest BCUT2D eigenvalue weighted by atomic mass is 16.5. The maximum Gasteiger partial charge on any atom is 0.272 e. The first-order valence-corrected chi connectivity index (χ1v) is 13.6. The summed E-state index contributed by atoms with van der Waals surface area (Å²) in [6.45, 7) is 4.75. The second-order valence-corrected chi connectivity index (χ2v) is 9.05. The van der Waals surface area contributed by atoms with Crippen LogP contribution in [-0.4, -0.2) is 30.8 Å². The van der Waals surface area contributed by atoms with Gasteiger partial charge in [0, 0.05) is 27.9 Å². The normalized spacial score (nSPS) is 11.1. The fraction of sp³-hybridized carbons (Fsp3) is 0.114. The number of para-hydroxylation sites is 2. The summed E-state index contributed by atoms with van der Waals surface area (Å²) in [5.41, 5.74) is 2.80. The molecular formula is C35H32N2O5. The van der Waals surface area contributed by atoms with E-state index < -0.39 is 11.8 Å². The summed E-state index contributed by atoms with van der Waals surface area (Å²) >= 11 is 0. The molecular weight excluding hydrogens is 528 g/mol. The largest absolute Gasteiger partial charge is 0.493 e. The molecule has 2 N–H and O–H groups in total. The molecule has 0 bridgehead atoms. The fourth-order valence-electron chi connectivity index (χ4n) is 4.07. The van der Waals surface area contributed by atoms with E-state index in [0.29, 0.717) is 47.1 Å². The molecule has 0 unspecified atom stereocenters. The van der Waals surface area contributed by atoms with Crippen molar-refractivity contribution < 1.29 is 23.9 Å². The molecule has 0 aliphatic carbocycles. The van der Waals surface area contributed by atoms with Crippen LogP contribution in [-0.2, 0) is 4.79 Å². The molecule has 0 heterocycles. The molecule has 212 valence electrons. The summed E-state index contributed by atoms with van der Waals surface area (Å²) in [6.07, 6.45) is 4.78. The molecule has 7 nitrogen and oxygen atoms in total. The molecule has 0 saturated heterocycles. The molecule has 4 rings (SSSR count). The number of ether oxygens (including phenoxy) is 2. The minimum atomic E-state index is -0.530. The first-order chi connectivity index (χ1) is 20.5. The zero-order chi connectivity index (χ0) is 29.7. The Morgan fingerprint density at radius 1 is 0.667 bits per heavy atom. The summed E-state index contributed by atoms with van der Waals surface area (Å²) in [4.78, 5) is 39.1. The van der Waals surface area contributed by atoms with Crippen LogP contribution in [0.4, 0.5) is 5.69 Å². The standard InChI is InChI=1S/C35H32N2O5/c1-3-41-32-16-10-8-12-26(32)20-23-31(38)25-18-21-29(22-19-25)36-35(40)30(37-34(39)27-13-6-5-7-14-27)24-28-15-9-11-17-33(28)42-4-2/h5-24H,3-4H2,1-2H3,(H,36,40)(H,37,39)/b23-20+,30-24-. The fourth-order valence-corrected chi connectivity index (χ4v) is 4.07. The van der Waals surface area contributed by atoms with Crippen molar-refractivity contribution in [1.29, 1.82) is 0 Å². The molecule has 0 saturated carbocycles. The number of amides is 2. The second kappa shape index (κ2) is 14.8. The summed E-state index contributed by atoms with van der Waals surface area (Å²) in [6, 6.07) is 29.9. The summed E-state index contributed by atoms with van der Waals surface area (Å²) in [7, 11) is 0. The third-order valence-corrected chi connectivity index (χ3v) is 6.11. The van der Waals surface area contributed by atoms with Crippen LogP contribution in [0, 0.1) is 0 Å². The van der Waals surface area contributed by atoms with Gasteiger partial charge in [-0.15, -0.1) is 0 Å². The van der Waals surface area contributed by atoms with E-state index in [1.807, 2.05) is 56.3 Å². The molecule has 0 aliphatic rings. The van der Waals surface area contributed by atoms with E-state index in [1.165, 1.54) is 6.08 Å². The van der Waals surface area contributed by atoms with Crippen LogP contribution in [0.2, 0.25) is 0 Å². The van der Waals surface area contributed by atoms with Crippen molar-refractivity contribution in [2.75, 3.05) is 18.5 Å². The SMILES string of the molecule is CCOc1ccccc1/C=C(\NC(=O)c1ccccc1)C(=O)Nc1ccc(C(=O)/C=C/c2ccccc2OCC)cc1. The first-order valence-electron chi connectivity index (χ1n) is 13.6. The van der Waals surface area contributed by atoms with Gasteiger partial charge in [0.15, 0.2) is 5.78 Å². The number of allylic oxidation sites excluding steroid dienone is 1. The Bertz CT molecular complexity index is 1590. The third kappa shape index (κ3) is 8.05. The monoisotopic (exact) mass is 560 g/mol. The summed E-state index contributed by atoms with van der Waals surface area (Å²) in [5, 5.41) is 5.54. The molecule has 0 spiro atoms. The van der Waals surface area contributed by atoms with Crippen LogP contribution in [0.15, 0.2) is 115 Å². The number of benzene rings is 4. The Labute approximate surface area is 245 Å². The molecule has 7 heteroatoms. The predicted molar refractivity (Wildman–Crippen MR) is 166 cm³/mol. The van der Waals surface area contributed by atoms with E-state index in [9.17, 15) is 14.4 Å².